The Morgan fingerprint density at radius 1 is 1.20 bits per heavy atom. The number of nitrogens with one attached hydrogen (secondary N) is 1. The van der Waals surface area contributed by atoms with E-state index < -0.39 is 17.9 Å². The number of alkyl halides is 3. The van der Waals surface area contributed by atoms with Gasteiger partial charge in [-0.15, -0.1) is 0 Å². The molecule has 0 bridgehead atoms. The van der Waals surface area contributed by atoms with Gasteiger partial charge in [0, 0.05) is 17.9 Å². The van der Waals surface area contributed by atoms with Crippen LogP contribution in [0.4, 0.5) is 28.9 Å². The highest BCUT2D eigenvalue weighted by Crippen LogP contribution is 2.51. The van der Waals surface area contributed by atoms with Gasteiger partial charge in [0.2, 0.25) is 0 Å². The monoisotopic (exact) mass is 353 g/mol. The Bertz CT molecular complexity index is 760. The summed E-state index contributed by atoms with van der Waals surface area (Å²) >= 11 is 0. The topological polar surface area (TPSA) is 28.2 Å². The molecule has 0 aliphatic carbocycles. The molecular weight excluding hydrogens is 334 g/mol. The van der Waals surface area contributed by atoms with Crippen LogP contribution >= 0.6 is 0 Å². The molecule has 25 heavy (non-hydrogen) atoms. The molecule has 1 aromatic carbocycles. The molecule has 1 aliphatic heterocycles. The van der Waals surface area contributed by atoms with Gasteiger partial charge >= 0.3 is 6.18 Å². The molecule has 2 heterocycles. The largest absolute Gasteiger partial charge is 0.399 e. The van der Waals surface area contributed by atoms with E-state index in [1.807, 2.05) is 13.8 Å². The van der Waals surface area contributed by atoms with E-state index in [9.17, 15) is 17.6 Å². The summed E-state index contributed by atoms with van der Waals surface area (Å²) in [5.74, 6) is -2.55. The van der Waals surface area contributed by atoms with E-state index in [1.165, 1.54) is 30.6 Å². The molecule has 0 radical (unpaired) electrons. The maximum Gasteiger partial charge on any atom is 0.399 e. The summed E-state index contributed by atoms with van der Waals surface area (Å²) in [6.07, 6.45) is -0.870. The SMILES string of the molecule is CC[C@H](C)NCN1c2ccc(F)cc2C(C(F)(F)F)c2ccncc21. The van der Waals surface area contributed by atoms with Crippen LogP contribution in [0.25, 0.3) is 0 Å². The molecule has 2 aromatic rings. The quantitative estimate of drug-likeness (QED) is 0.807. The lowest BCUT2D eigenvalue weighted by Gasteiger charge is -2.38. The highest BCUT2D eigenvalue weighted by atomic mass is 19.4. The zero-order chi connectivity index (χ0) is 18.2. The van der Waals surface area contributed by atoms with E-state index in [4.69, 9.17) is 0 Å². The lowest BCUT2D eigenvalue weighted by molar-refractivity contribution is -0.141. The molecule has 0 amide bonds. The van der Waals surface area contributed by atoms with E-state index >= 15 is 0 Å². The number of nitrogens with zero attached hydrogens (tertiary/aromatic N) is 2. The Morgan fingerprint density at radius 3 is 2.64 bits per heavy atom. The van der Waals surface area contributed by atoms with Crippen molar-refractivity contribution in [1.82, 2.24) is 10.3 Å². The molecule has 1 unspecified atom stereocenters. The summed E-state index contributed by atoms with van der Waals surface area (Å²) < 4.78 is 55.0. The van der Waals surface area contributed by atoms with E-state index in [-0.39, 0.29) is 17.2 Å². The lowest BCUT2D eigenvalue weighted by Crippen LogP contribution is -2.40. The third-order valence-corrected chi connectivity index (χ3v) is 4.56. The normalized spacial score (nSPS) is 17.8. The average molecular weight is 353 g/mol. The summed E-state index contributed by atoms with van der Waals surface area (Å²) in [5, 5.41) is 3.28. The molecule has 134 valence electrons. The van der Waals surface area contributed by atoms with Crippen LogP contribution in [0.5, 0.6) is 0 Å². The van der Waals surface area contributed by atoms with Crippen LogP contribution in [0.2, 0.25) is 0 Å². The van der Waals surface area contributed by atoms with Crippen molar-refractivity contribution in [1.29, 1.82) is 0 Å². The first kappa shape index (κ1) is 17.7. The van der Waals surface area contributed by atoms with E-state index in [0.717, 1.165) is 12.5 Å². The summed E-state index contributed by atoms with van der Waals surface area (Å²) in [4.78, 5) is 5.72. The second-order valence-electron chi connectivity index (χ2n) is 6.21. The van der Waals surface area contributed by atoms with Gasteiger partial charge in [0.05, 0.1) is 18.6 Å². The van der Waals surface area contributed by atoms with Gasteiger partial charge in [0.15, 0.2) is 0 Å². The van der Waals surface area contributed by atoms with Crippen molar-refractivity contribution < 1.29 is 17.6 Å². The number of rotatable bonds is 4. The minimum atomic E-state index is -4.52. The fourth-order valence-corrected chi connectivity index (χ4v) is 3.08. The Labute approximate surface area is 143 Å². The molecule has 3 rings (SSSR count). The molecule has 0 fully saturated rings. The van der Waals surface area contributed by atoms with Crippen LogP contribution in [0.15, 0.2) is 36.7 Å². The van der Waals surface area contributed by atoms with Gasteiger partial charge in [0.1, 0.15) is 11.7 Å². The molecule has 1 N–H and O–H groups in total. The number of aromatic nitrogens is 1. The Kier molecular flexibility index (Phi) is 4.69. The van der Waals surface area contributed by atoms with Crippen LogP contribution in [0.3, 0.4) is 0 Å². The molecule has 0 saturated carbocycles. The second-order valence-corrected chi connectivity index (χ2v) is 6.21. The van der Waals surface area contributed by atoms with Crippen molar-refractivity contribution in [3.05, 3.63) is 53.6 Å². The summed E-state index contributed by atoms with van der Waals surface area (Å²) in [5.41, 5.74) is 0.753. The molecule has 2 atom stereocenters. The predicted octanol–water partition coefficient (Wildman–Crippen LogP) is 4.71. The molecule has 7 heteroatoms. The maximum absolute atomic E-state index is 13.7. The summed E-state index contributed by atoms with van der Waals surface area (Å²) in [6, 6.07) is 5.12. The first-order valence-corrected chi connectivity index (χ1v) is 8.14. The smallest absolute Gasteiger partial charge is 0.326 e. The minimum absolute atomic E-state index is 0.0721. The maximum atomic E-state index is 13.7. The molecular formula is C18H19F4N3. The second kappa shape index (κ2) is 6.63. The standard InChI is InChI=1S/C18H19F4N3/c1-3-11(2)24-10-25-15-5-4-12(19)8-14(15)17(18(20,21)22)13-6-7-23-9-16(13)25/h4-9,11,17,24H,3,10H2,1-2H3/t11-,17?/m0/s1. The van der Waals surface area contributed by atoms with Crippen LogP contribution < -0.4 is 10.2 Å². The minimum Gasteiger partial charge on any atom is -0.326 e. The molecule has 0 saturated heterocycles. The van der Waals surface area contributed by atoms with E-state index in [1.54, 1.807) is 4.90 Å². The predicted molar refractivity (Wildman–Crippen MR) is 88.4 cm³/mol. The highest BCUT2D eigenvalue weighted by molar-refractivity contribution is 5.75. The molecule has 1 aromatic heterocycles. The van der Waals surface area contributed by atoms with Gasteiger partial charge in [-0.3, -0.25) is 10.3 Å². The Morgan fingerprint density at radius 2 is 1.96 bits per heavy atom. The fraction of sp³-hybridized carbons (Fsp3) is 0.389. The number of anilines is 2. The number of hydrogen-bond donors (Lipinski definition) is 1. The van der Waals surface area contributed by atoms with E-state index in [0.29, 0.717) is 18.0 Å². The lowest BCUT2D eigenvalue weighted by atomic mass is 9.85. The Balaban J connectivity index is 2.14. The summed E-state index contributed by atoms with van der Waals surface area (Å²) in [6.45, 7) is 4.33. The first-order valence-electron chi connectivity index (χ1n) is 8.14. The van der Waals surface area contributed by atoms with Gasteiger partial charge < -0.3 is 4.90 Å². The van der Waals surface area contributed by atoms with Gasteiger partial charge in [-0.2, -0.15) is 13.2 Å². The third-order valence-electron chi connectivity index (χ3n) is 4.56. The Hall–Kier alpha value is -2.15. The van der Waals surface area contributed by atoms with Crippen LogP contribution in [-0.2, 0) is 0 Å². The molecule has 1 aliphatic rings. The van der Waals surface area contributed by atoms with Gasteiger partial charge in [0.25, 0.3) is 0 Å². The zero-order valence-corrected chi connectivity index (χ0v) is 13.9. The number of fused-ring (bicyclic) bond motifs is 2. The van der Waals surface area contributed by atoms with Gasteiger partial charge in [-0.05, 0) is 48.7 Å². The van der Waals surface area contributed by atoms with Gasteiger partial charge in [-0.1, -0.05) is 6.92 Å². The number of hydrogen-bond acceptors (Lipinski definition) is 3. The molecule has 3 nitrogen and oxygen atoms in total. The van der Waals surface area contributed by atoms with E-state index in [2.05, 4.69) is 10.3 Å². The third kappa shape index (κ3) is 3.33. The van der Waals surface area contributed by atoms with Crippen molar-refractivity contribution in [2.45, 2.75) is 38.4 Å². The van der Waals surface area contributed by atoms with Crippen molar-refractivity contribution >= 4 is 11.4 Å². The van der Waals surface area contributed by atoms with Crippen molar-refractivity contribution in [3.8, 4) is 0 Å². The average Bonchev–Trinajstić information content (AvgIpc) is 2.56. The van der Waals surface area contributed by atoms with Crippen LogP contribution in [0, 0.1) is 5.82 Å². The van der Waals surface area contributed by atoms with Crippen molar-refractivity contribution in [3.63, 3.8) is 0 Å². The number of halogens is 4. The summed E-state index contributed by atoms with van der Waals surface area (Å²) in [7, 11) is 0. The highest BCUT2D eigenvalue weighted by Gasteiger charge is 2.47. The number of benzene rings is 1. The fourth-order valence-electron chi connectivity index (χ4n) is 3.08. The van der Waals surface area contributed by atoms with Crippen molar-refractivity contribution in [2.75, 3.05) is 11.6 Å². The zero-order valence-electron chi connectivity index (χ0n) is 13.9. The van der Waals surface area contributed by atoms with Crippen molar-refractivity contribution in [2.24, 2.45) is 0 Å². The van der Waals surface area contributed by atoms with Gasteiger partial charge in [-0.25, -0.2) is 4.39 Å². The van der Waals surface area contributed by atoms with Crippen LogP contribution in [-0.4, -0.2) is 23.9 Å². The molecule has 0 spiro atoms. The number of pyridine rings is 1. The van der Waals surface area contributed by atoms with Crippen LogP contribution in [0.1, 0.15) is 37.3 Å². The first-order chi connectivity index (χ1) is 11.8.